The zero-order valence-electron chi connectivity index (χ0n) is 27.6. The Morgan fingerprint density at radius 3 is 0.579 bits per heavy atom. The van der Waals surface area contributed by atoms with Crippen LogP contribution in [0.5, 0.6) is 0 Å². The summed E-state index contributed by atoms with van der Waals surface area (Å²) < 4.78 is 0. The van der Waals surface area contributed by atoms with Crippen molar-refractivity contribution in [1.29, 1.82) is 0 Å². The molecule has 0 aliphatic carbocycles. The second-order valence-corrected chi connectivity index (χ2v) is 13.1. The van der Waals surface area contributed by atoms with Gasteiger partial charge in [-0.25, -0.2) is 0 Å². The summed E-state index contributed by atoms with van der Waals surface area (Å²) in [5.41, 5.74) is 0. The predicted octanol–water partition coefficient (Wildman–Crippen LogP) is 14.9. The molecule has 0 radical (unpaired) electrons. The Balaban J connectivity index is 3.61. The molecule has 0 aromatic rings. The third-order valence-corrected chi connectivity index (χ3v) is 9.15. The van der Waals surface area contributed by atoms with Gasteiger partial charge in [-0.05, 0) is 5.92 Å². The van der Waals surface area contributed by atoms with Crippen LogP contribution in [0.15, 0.2) is 0 Å². The molecule has 0 rings (SSSR count). The average Bonchev–Trinajstić information content (AvgIpc) is 2.93. The number of hydrogen-bond donors (Lipinski definition) is 0. The summed E-state index contributed by atoms with van der Waals surface area (Å²) in [6.07, 6.45) is 50.3. The molecular weight excluding hydrogens is 456 g/mol. The Morgan fingerprint density at radius 1 is 0.211 bits per heavy atom. The Bertz CT molecular complexity index is 385. The van der Waals surface area contributed by atoms with Crippen LogP contribution in [0.1, 0.15) is 239 Å². The lowest BCUT2D eigenvalue weighted by Gasteiger charge is -2.17. The van der Waals surface area contributed by atoms with E-state index in [-0.39, 0.29) is 0 Å². The molecule has 0 bridgehead atoms. The first-order chi connectivity index (χ1) is 18.8. The van der Waals surface area contributed by atoms with Crippen LogP contribution in [-0.2, 0) is 0 Å². The lowest BCUT2D eigenvalue weighted by atomic mass is 9.89. The predicted molar refractivity (Wildman–Crippen MR) is 177 cm³/mol. The normalized spacial score (nSPS) is 12.4. The zero-order chi connectivity index (χ0) is 27.6. The first-order valence-electron chi connectivity index (χ1n) is 18.8. The minimum absolute atomic E-state index is 1.04. The Kier molecular flexibility index (Phi) is 35.0. The highest BCUT2D eigenvalue weighted by Crippen LogP contribution is 2.25. The van der Waals surface area contributed by atoms with Crippen molar-refractivity contribution in [2.24, 2.45) is 5.92 Å². The maximum absolute atomic E-state index is 2.35. The van der Waals surface area contributed by atoms with Gasteiger partial charge in [-0.2, -0.15) is 0 Å². The molecule has 0 heteroatoms. The van der Waals surface area contributed by atoms with Crippen LogP contribution in [0, 0.1) is 5.92 Å². The molecule has 0 nitrogen and oxygen atoms in total. The number of hydrogen-bond acceptors (Lipinski definition) is 0. The van der Waals surface area contributed by atoms with Crippen LogP contribution < -0.4 is 0 Å². The van der Waals surface area contributed by atoms with Gasteiger partial charge in [0.1, 0.15) is 0 Å². The second kappa shape index (κ2) is 35.0. The molecule has 0 N–H and O–H groups in total. The largest absolute Gasteiger partial charge is 0.0654 e. The lowest BCUT2D eigenvalue weighted by molar-refractivity contribution is 0.366. The fraction of sp³-hybridized carbons (Fsp3) is 1.00. The third-order valence-electron chi connectivity index (χ3n) is 9.15. The van der Waals surface area contributed by atoms with Crippen LogP contribution in [-0.4, -0.2) is 0 Å². The van der Waals surface area contributed by atoms with Crippen molar-refractivity contribution in [2.75, 3.05) is 0 Å². The summed E-state index contributed by atoms with van der Waals surface area (Å²) >= 11 is 0. The van der Waals surface area contributed by atoms with Crippen molar-refractivity contribution in [1.82, 2.24) is 0 Å². The Labute approximate surface area is 244 Å². The van der Waals surface area contributed by atoms with Crippen molar-refractivity contribution >= 4 is 0 Å². The highest BCUT2D eigenvalue weighted by Gasteiger charge is 2.08. The molecular formula is C38H78. The van der Waals surface area contributed by atoms with Gasteiger partial charge in [0, 0.05) is 0 Å². The summed E-state index contributed by atoms with van der Waals surface area (Å²) in [7, 11) is 0. The van der Waals surface area contributed by atoms with Crippen LogP contribution in [0.25, 0.3) is 0 Å². The van der Waals surface area contributed by atoms with Gasteiger partial charge in [-0.1, -0.05) is 239 Å². The SMILES string of the molecule is CCCCCCCCCCCCCCCCCCC(CCCCCC)CCCCCCCCCCCCC. The Morgan fingerprint density at radius 2 is 0.368 bits per heavy atom. The summed E-state index contributed by atoms with van der Waals surface area (Å²) in [6, 6.07) is 0. The summed E-state index contributed by atoms with van der Waals surface area (Å²) in [6.45, 7) is 6.97. The van der Waals surface area contributed by atoms with Gasteiger partial charge in [0.2, 0.25) is 0 Å². The van der Waals surface area contributed by atoms with E-state index in [0.717, 1.165) is 5.92 Å². The van der Waals surface area contributed by atoms with Crippen LogP contribution in [0.2, 0.25) is 0 Å². The minimum Gasteiger partial charge on any atom is -0.0654 e. The van der Waals surface area contributed by atoms with E-state index in [1.54, 1.807) is 0 Å². The van der Waals surface area contributed by atoms with Gasteiger partial charge < -0.3 is 0 Å². The maximum Gasteiger partial charge on any atom is -0.0414 e. The van der Waals surface area contributed by atoms with Gasteiger partial charge in [0.15, 0.2) is 0 Å². The average molecular weight is 535 g/mol. The van der Waals surface area contributed by atoms with E-state index >= 15 is 0 Å². The van der Waals surface area contributed by atoms with Gasteiger partial charge in [-0.15, -0.1) is 0 Å². The molecule has 0 amide bonds. The maximum atomic E-state index is 2.35. The smallest absolute Gasteiger partial charge is 0.0414 e. The van der Waals surface area contributed by atoms with E-state index in [9.17, 15) is 0 Å². The molecule has 0 aromatic heterocycles. The fourth-order valence-electron chi connectivity index (χ4n) is 6.37. The van der Waals surface area contributed by atoms with Crippen LogP contribution in [0.4, 0.5) is 0 Å². The van der Waals surface area contributed by atoms with E-state index in [1.165, 1.54) is 218 Å². The quantitative estimate of drug-likeness (QED) is 0.0720. The summed E-state index contributed by atoms with van der Waals surface area (Å²) in [5.74, 6) is 1.04. The molecule has 0 heterocycles. The highest BCUT2D eigenvalue weighted by atomic mass is 14.1. The zero-order valence-corrected chi connectivity index (χ0v) is 27.6. The molecule has 0 saturated carbocycles. The standard InChI is InChI=1S/C38H78/c1-4-7-10-13-15-17-19-20-21-22-23-25-27-29-31-34-37-38(35-32-12-9-6-3)36-33-30-28-26-24-18-16-14-11-8-5-2/h38H,4-37H2,1-3H3. The lowest BCUT2D eigenvalue weighted by Crippen LogP contribution is -2.01. The van der Waals surface area contributed by atoms with E-state index in [1.807, 2.05) is 0 Å². The van der Waals surface area contributed by atoms with Crippen molar-refractivity contribution in [3.8, 4) is 0 Å². The minimum atomic E-state index is 1.04. The summed E-state index contributed by atoms with van der Waals surface area (Å²) in [4.78, 5) is 0. The van der Waals surface area contributed by atoms with Gasteiger partial charge in [-0.3, -0.25) is 0 Å². The van der Waals surface area contributed by atoms with E-state index in [0.29, 0.717) is 0 Å². The number of unbranched alkanes of at least 4 members (excludes halogenated alkanes) is 28. The summed E-state index contributed by atoms with van der Waals surface area (Å²) in [5, 5.41) is 0. The molecule has 1 atom stereocenters. The molecule has 1 unspecified atom stereocenters. The van der Waals surface area contributed by atoms with E-state index < -0.39 is 0 Å². The first-order valence-corrected chi connectivity index (χ1v) is 18.8. The highest BCUT2D eigenvalue weighted by molar-refractivity contribution is 4.62. The van der Waals surface area contributed by atoms with Crippen molar-refractivity contribution < 1.29 is 0 Å². The molecule has 0 fully saturated rings. The Hall–Kier alpha value is 0. The molecule has 0 aromatic carbocycles. The van der Waals surface area contributed by atoms with Gasteiger partial charge in [0.05, 0.1) is 0 Å². The molecule has 0 aliphatic rings. The molecule has 0 spiro atoms. The molecule has 230 valence electrons. The van der Waals surface area contributed by atoms with Crippen LogP contribution >= 0.6 is 0 Å². The van der Waals surface area contributed by atoms with Crippen molar-refractivity contribution in [2.45, 2.75) is 239 Å². The van der Waals surface area contributed by atoms with Gasteiger partial charge >= 0.3 is 0 Å². The van der Waals surface area contributed by atoms with Crippen LogP contribution in [0.3, 0.4) is 0 Å². The van der Waals surface area contributed by atoms with Crippen molar-refractivity contribution in [3.63, 3.8) is 0 Å². The van der Waals surface area contributed by atoms with E-state index in [4.69, 9.17) is 0 Å². The molecule has 38 heavy (non-hydrogen) atoms. The molecule has 0 saturated heterocycles. The van der Waals surface area contributed by atoms with Gasteiger partial charge in [0.25, 0.3) is 0 Å². The fourth-order valence-corrected chi connectivity index (χ4v) is 6.37. The topological polar surface area (TPSA) is 0 Å². The van der Waals surface area contributed by atoms with Crippen molar-refractivity contribution in [3.05, 3.63) is 0 Å². The number of rotatable bonds is 34. The monoisotopic (exact) mass is 535 g/mol. The molecule has 0 aliphatic heterocycles. The van der Waals surface area contributed by atoms with E-state index in [2.05, 4.69) is 20.8 Å². The second-order valence-electron chi connectivity index (χ2n) is 13.1. The first kappa shape index (κ1) is 38.0. The third kappa shape index (κ3) is 32.2.